The zero-order valence-corrected chi connectivity index (χ0v) is 12.6. The number of carbonyl (C=O) groups is 1. The highest BCUT2D eigenvalue weighted by atomic mass is 32.1. The van der Waals surface area contributed by atoms with E-state index in [4.69, 9.17) is 4.52 Å². The van der Waals surface area contributed by atoms with Crippen molar-refractivity contribution >= 4 is 17.4 Å². The van der Waals surface area contributed by atoms with Crippen molar-refractivity contribution in [2.75, 3.05) is 0 Å². The molecule has 1 unspecified atom stereocenters. The fourth-order valence-electron chi connectivity index (χ4n) is 1.88. The summed E-state index contributed by atoms with van der Waals surface area (Å²) < 4.78 is 8.88. The Kier molecular flexibility index (Phi) is 4.19. The molecule has 1 atom stereocenters. The first-order chi connectivity index (χ1) is 10.7. The van der Waals surface area contributed by atoms with Crippen molar-refractivity contribution in [1.29, 1.82) is 0 Å². The first-order valence-corrected chi connectivity index (χ1v) is 7.50. The second-order valence-electron chi connectivity index (χ2n) is 4.69. The topological polar surface area (TPSA) is 93.8 Å². The molecule has 2 aromatic heterocycles. The number of amides is 1. The van der Waals surface area contributed by atoms with E-state index in [0.29, 0.717) is 18.1 Å². The smallest absolute Gasteiger partial charge is 0.273 e. The van der Waals surface area contributed by atoms with Gasteiger partial charge < -0.3 is 9.84 Å². The van der Waals surface area contributed by atoms with E-state index in [9.17, 15) is 4.79 Å². The molecule has 1 amide bonds. The Bertz CT molecular complexity index is 742. The summed E-state index contributed by atoms with van der Waals surface area (Å²) >= 11 is 1.12. The molecule has 1 aromatic carbocycles. The molecule has 22 heavy (non-hydrogen) atoms. The van der Waals surface area contributed by atoms with Gasteiger partial charge in [0.25, 0.3) is 5.91 Å². The number of hydrogen-bond donors (Lipinski definition) is 1. The van der Waals surface area contributed by atoms with Crippen LogP contribution in [0.5, 0.6) is 0 Å². The van der Waals surface area contributed by atoms with Gasteiger partial charge in [-0.05, 0) is 24.0 Å². The van der Waals surface area contributed by atoms with E-state index in [-0.39, 0.29) is 17.6 Å². The van der Waals surface area contributed by atoms with Crippen LogP contribution >= 0.6 is 11.5 Å². The van der Waals surface area contributed by atoms with E-state index in [1.165, 1.54) is 0 Å². The van der Waals surface area contributed by atoms with Gasteiger partial charge >= 0.3 is 0 Å². The first kappa shape index (κ1) is 14.3. The van der Waals surface area contributed by atoms with Crippen molar-refractivity contribution in [2.24, 2.45) is 0 Å². The molecule has 0 fully saturated rings. The fourth-order valence-corrected chi connectivity index (χ4v) is 2.32. The second-order valence-corrected chi connectivity index (χ2v) is 5.30. The lowest BCUT2D eigenvalue weighted by Crippen LogP contribution is -2.27. The van der Waals surface area contributed by atoms with Crippen LogP contribution < -0.4 is 5.32 Å². The second kappa shape index (κ2) is 6.44. The average molecular weight is 315 g/mol. The molecule has 2 heterocycles. The van der Waals surface area contributed by atoms with Crippen LogP contribution in [0.3, 0.4) is 0 Å². The minimum atomic E-state index is -0.373. The first-order valence-electron chi connectivity index (χ1n) is 6.66. The Balaban J connectivity index is 1.64. The van der Waals surface area contributed by atoms with Crippen molar-refractivity contribution in [1.82, 2.24) is 25.0 Å². The highest BCUT2D eigenvalue weighted by Gasteiger charge is 2.18. The quantitative estimate of drug-likeness (QED) is 0.774. The Morgan fingerprint density at radius 2 is 2.18 bits per heavy atom. The lowest BCUT2D eigenvalue weighted by atomic mass is 10.1. The number of rotatable bonds is 5. The monoisotopic (exact) mass is 315 g/mol. The van der Waals surface area contributed by atoms with Crippen LogP contribution in [-0.4, -0.2) is 25.6 Å². The normalized spacial score (nSPS) is 12.0. The highest BCUT2D eigenvalue weighted by Crippen LogP contribution is 2.12. The van der Waals surface area contributed by atoms with Crippen molar-refractivity contribution in [3.63, 3.8) is 0 Å². The number of hydrogen-bond acceptors (Lipinski definition) is 7. The molecular formula is C14H13N5O2S. The van der Waals surface area contributed by atoms with Gasteiger partial charge in [-0.25, -0.2) is 0 Å². The molecule has 0 saturated carbocycles. The standard InChI is InChI=1S/C14H13N5O2S/c1-9(15-14(20)11-8-22-19-17-11)13-16-12(21-18-13)7-10-5-3-2-4-6-10/h2-6,8-9H,7H2,1H3,(H,15,20). The van der Waals surface area contributed by atoms with Crippen LogP contribution in [-0.2, 0) is 6.42 Å². The molecule has 0 aliphatic rings. The molecule has 8 heteroatoms. The summed E-state index contributed by atoms with van der Waals surface area (Å²) in [5.74, 6) is 0.635. The Morgan fingerprint density at radius 1 is 1.36 bits per heavy atom. The van der Waals surface area contributed by atoms with Gasteiger partial charge in [-0.15, -0.1) is 5.10 Å². The number of nitrogens with zero attached hydrogens (tertiary/aromatic N) is 4. The van der Waals surface area contributed by atoms with Crippen molar-refractivity contribution < 1.29 is 9.32 Å². The van der Waals surface area contributed by atoms with E-state index in [1.807, 2.05) is 30.3 Å². The lowest BCUT2D eigenvalue weighted by molar-refractivity contribution is 0.0933. The van der Waals surface area contributed by atoms with E-state index in [2.05, 4.69) is 25.0 Å². The van der Waals surface area contributed by atoms with Crippen LogP contribution in [0.2, 0.25) is 0 Å². The van der Waals surface area contributed by atoms with Gasteiger partial charge in [0.1, 0.15) is 0 Å². The largest absolute Gasteiger partial charge is 0.341 e. The zero-order chi connectivity index (χ0) is 15.4. The predicted molar refractivity (Wildman–Crippen MR) is 79.3 cm³/mol. The van der Waals surface area contributed by atoms with Gasteiger partial charge in [-0.1, -0.05) is 40.0 Å². The third-order valence-corrected chi connectivity index (χ3v) is 3.51. The third-order valence-electron chi connectivity index (χ3n) is 3.01. The molecule has 1 N–H and O–H groups in total. The molecule has 3 aromatic rings. The molecule has 0 spiro atoms. The minimum Gasteiger partial charge on any atom is -0.341 e. The number of carbonyl (C=O) groups excluding carboxylic acids is 1. The molecule has 3 rings (SSSR count). The van der Waals surface area contributed by atoms with Crippen molar-refractivity contribution in [2.45, 2.75) is 19.4 Å². The molecule has 112 valence electrons. The Hall–Kier alpha value is -2.61. The van der Waals surface area contributed by atoms with E-state index in [1.54, 1.807) is 12.3 Å². The summed E-state index contributed by atoms with van der Waals surface area (Å²) in [6.45, 7) is 1.79. The van der Waals surface area contributed by atoms with Crippen LogP contribution in [0, 0.1) is 0 Å². The van der Waals surface area contributed by atoms with Crippen LogP contribution in [0.1, 0.15) is 40.7 Å². The van der Waals surface area contributed by atoms with Gasteiger partial charge in [0.2, 0.25) is 5.89 Å². The predicted octanol–water partition coefficient (Wildman–Crippen LogP) is 2.00. The summed E-state index contributed by atoms with van der Waals surface area (Å²) in [5, 5.41) is 12.0. The molecule has 0 aliphatic carbocycles. The molecular weight excluding hydrogens is 302 g/mol. The van der Waals surface area contributed by atoms with Crippen LogP contribution in [0.4, 0.5) is 0 Å². The number of aromatic nitrogens is 4. The molecule has 0 radical (unpaired) electrons. The molecule has 0 bridgehead atoms. The minimum absolute atomic E-state index is 0.282. The lowest BCUT2D eigenvalue weighted by Gasteiger charge is -2.07. The molecule has 7 nitrogen and oxygen atoms in total. The summed E-state index contributed by atoms with van der Waals surface area (Å²) in [6.07, 6.45) is 0.560. The van der Waals surface area contributed by atoms with E-state index < -0.39 is 0 Å². The van der Waals surface area contributed by atoms with Gasteiger partial charge in [0, 0.05) is 5.38 Å². The Morgan fingerprint density at radius 3 is 2.91 bits per heavy atom. The molecule has 0 aliphatic heterocycles. The van der Waals surface area contributed by atoms with Gasteiger partial charge in [-0.3, -0.25) is 4.79 Å². The van der Waals surface area contributed by atoms with E-state index in [0.717, 1.165) is 17.1 Å². The summed E-state index contributed by atoms with van der Waals surface area (Å²) in [7, 11) is 0. The van der Waals surface area contributed by atoms with Gasteiger partial charge in [-0.2, -0.15) is 4.98 Å². The Labute approximate surface area is 130 Å². The summed E-state index contributed by atoms with van der Waals surface area (Å²) in [4.78, 5) is 16.2. The van der Waals surface area contributed by atoms with Crippen molar-refractivity contribution in [3.8, 4) is 0 Å². The average Bonchev–Trinajstić information content (AvgIpc) is 3.19. The maximum absolute atomic E-state index is 11.9. The highest BCUT2D eigenvalue weighted by molar-refractivity contribution is 7.03. The van der Waals surface area contributed by atoms with Crippen LogP contribution in [0.15, 0.2) is 40.2 Å². The SMILES string of the molecule is CC(NC(=O)c1csnn1)c1noc(Cc2ccccc2)n1. The van der Waals surface area contributed by atoms with E-state index >= 15 is 0 Å². The number of nitrogens with one attached hydrogen (secondary N) is 1. The summed E-state index contributed by atoms with van der Waals surface area (Å²) in [6, 6.07) is 9.47. The van der Waals surface area contributed by atoms with Gasteiger partial charge in [0.05, 0.1) is 12.5 Å². The van der Waals surface area contributed by atoms with Crippen LogP contribution in [0.25, 0.3) is 0 Å². The third kappa shape index (κ3) is 3.34. The maximum Gasteiger partial charge on any atom is 0.273 e. The maximum atomic E-state index is 11.9. The van der Waals surface area contributed by atoms with Crippen molar-refractivity contribution in [3.05, 3.63) is 58.7 Å². The summed E-state index contributed by atoms with van der Waals surface area (Å²) in [5.41, 5.74) is 1.37. The zero-order valence-electron chi connectivity index (χ0n) is 11.8. The molecule has 0 saturated heterocycles. The van der Waals surface area contributed by atoms with Gasteiger partial charge in [0.15, 0.2) is 11.5 Å². The number of benzene rings is 1. The fraction of sp³-hybridized carbons (Fsp3) is 0.214.